The molecule has 3 aliphatic heterocycles. The molecular weight excluding hydrogens is 402 g/mol. The van der Waals surface area contributed by atoms with Crippen LogP contribution in [0.5, 0.6) is 0 Å². The van der Waals surface area contributed by atoms with Gasteiger partial charge < -0.3 is 20.3 Å². The molecule has 3 fully saturated rings. The normalized spacial score (nSPS) is 35.0. The van der Waals surface area contributed by atoms with Gasteiger partial charge in [-0.25, -0.2) is 0 Å². The van der Waals surface area contributed by atoms with Crippen LogP contribution in [-0.4, -0.2) is 53.5 Å². The summed E-state index contributed by atoms with van der Waals surface area (Å²) in [5.41, 5.74) is -1.07. The van der Waals surface area contributed by atoms with E-state index in [0.717, 1.165) is 30.6 Å². The molecule has 5 rings (SSSR count). The Morgan fingerprint density at radius 1 is 1.27 bits per heavy atom. The zero-order valence-corrected chi connectivity index (χ0v) is 17.8. The maximum Gasteiger partial charge on any atom is 0.246 e. The summed E-state index contributed by atoms with van der Waals surface area (Å²) in [5, 5.41) is 7.82. The molecule has 0 aromatic carbocycles. The number of fused-ring (bicyclic) bond motifs is 1. The number of hydrogen-bond acceptors (Lipinski definition) is 5. The van der Waals surface area contributed by atoms with E-state index >= 15 is 0 Å². The molecule has 8 heteroatoms. The minimum absolute atomic E-state index is 0.137. The smallest absolute Gasteiger partial charge is 0.246 e. The molecule has 7 nitrogen and oxygen atoms in total. The molecule has 1 saturated carbocycles. The van der Waals surface area contributed by atoms with Crippen molar-refractivity contribution in [3.63, 3.8) is 0 Å². The number of likely N-dealkylation sites (tertiary alicyclic amines) is 1. The first-order chi connectivity index (χ1) is 14.5. The highest BCUT2D eigenvalue weighted by molar-refractivity contribution is 7.09. The van der Waals surface area contributed by atoms with Gasteiger partial charge in [-0.15, -0.1) is 11.3 Å². The molecule has 0 radical (unpaired) electrons. The van der Waals surface area contributed by atoms with Gasteiger partial charge in [0, 0.05) is 18.0 Å². The summed E-state index contributed by atoms with van der Waals surface area (Å²) >= 11 is 1.55. The van der Waals surface area contributed by atoms with Crippen LogP contribution in [0.2, 0.25) is 0 Å². The van der Waals surface area contributed by atoms with E-state index in [2.05, 4.69) is 10.6 Å². The molecular formula is C22H27N3O4S. The summed E-state index contributed by atoms with van der Waals surface area (Å²) in [7, 11) is 1.57. The van der Waals surface area contributed by atoms with Gasteiger partial charge in [0.2, 0.25) is 17.7 Å². The maximum absolute atomic E-state index is 13.6. The highest BCUT2D eigenvalue weighted by Crippen LogP contribution is 2.55. The number of nitrogens with one attached hydrogen (secondary N) is 2. The second-order valence-corrected chi connectivity index (χ2v) is 9.74. The number of ether oxygens (including phenoxy) is 1. The average molecular weight is 430 g/mol. The Balaban J connectivity index is 1.49. The Morgan fingerprint density at radius 2 is 2.07 bits per heavy atom. The summed E-state index contributed by atoms with van der Waals surface area (Å²) in [5.74, 6) is -1.83. The second kappa shape index (κ2) is 7.50. The molecule has 1 aliphatic carbocycles. The Morgan fingerprint density at radius 3 is 2.77 bits per heavy atom. The molecule has 1 spiro atoms. The van der Waals surface area contributed by atoms with Crippen LogP contribution in [0.1, 0.15) is 37.0 Å². The molecule has 1 aromatic rings. The van der Waals surface area contributed by atoms with Crippen molar-refractivity contribution in [2.45, 2.75) is 62.4 Å². The number of hydrogen-bond donors (Lipinski definition) is 2. The number of amides is 3. The van der Waals surface area contributed by atoms with Crippen molar-refractivity contribution in [1.82, 2.24) is 15.5 Å². The predicted molar refractivity (Wildman–Crippen MR) is 111 cm³/mol. The van der Waals surface area contributed by atoms with Gasteiger partial charge in [-0.2, -0.15) is 0 Å². The number of thiophene rings is 1. The van der Waals surface area contributed by atoms with E-state index in [1.165, 1.54) is 6.42 Å². The third-order valence-electron chi connectivity index (χ3n) is 7.03. The van der Waals surface area contributed by atoms with E-state index in [1.807, 2.05) is 29.7 Å². The second-order valence-electron chi connectivity index (χ2n) is 8.70. The molecule has 3 amide bonds. The van der Waals surface area contributed by atoms with Crippen molar-refractivity contribution in [2.24, 2.45) is 11.8 Å². The fourth-order valence-corrected chi connectivity index (χ4v) is 6.40. The van der Waals surface area contributed by atoms with E-state index in [-0.39, 0.29) is 23.8 Å². The minimum Gasteiger partial charge on any atom is -0.359 e. The molecule has 4 heterocycles. The monoisotopic (exact) mass is 429 g/mol. The Labute approximate surface area is 179 Å². The van der Waals surface area contributed by atoms with E-state index in [9.17, 15) is 14.4 Å². The molecule has 30 heavy (non-hydrogen) atoms. The average Bonchev–Trinajstić information content (AvgIpc) is 3.51. The lowest BCUT2D eigenvalue weighted by Gasteiger charge is -2.34. The zero-order valence-electron chi connectivity index (χ0n) is 17.0. The van der Waals surface area contributed by atoms with Gasteiger partial charge in [-0.05, 0) is 24.3 Å². The van der Waals surface area contributed by atoms with Crippen molar-refractivity contribution >= 4 is 29.1 Å². The van der Waals surface area contributed by atoms with Crippen LogP contribution in [0.4, 0.5) is 0 Å². The Kier molecular flexibility index (Phi) is 4.94. The highest BCUT2D eigenvalue weighted by Gasteiger charge is 2.72. The molecule has 2 saturated heterocycles. The lowest BCUT2D eigenvalue weighted by molar-refractivity contribution is -0.142. The summed E-state index contributed by atoms with van der Waals surface area (Å²) in [6.07, 6.45) is 8.59. The number of nitrogens with zero attached hydrogens (tertiary/aromatic N) is 1. The third kappa shape index (κ3) is 2.92. The molecule has 0 unspecified atom stereocenters. The van der Waals surface area contributed by atoms with Gasteiger partial charge in [-0.3, -0.25) is 14.4 Å². The van der Waals surface area contributed by atoms with Crippen molar-refractivity contribution in [3.05, 3.63) is 34.5 Å². The molecule has 1 aromatic heterocycles. The molecule has 2 bridgehead atoms. The number of rotatable bonds is 5. The first-order valence-corrected chi connectivity index (χ1v) is 11.6. The lowest BCUT2D eigenvalue weighted by Crippen LogP contribution is -2.56. The van der Waals surface area contributed by atoms with Crippen LogP contribution in [0.25, 0.3) is 0 Å². The largest absolute Gasteiger partial charge is 0.359 e. The van der Waals surface area contributed by atoms with E-state index in [0.29, 0.717) is 6.54 Å². The minimum atomic E-state index is -1.07. The summed E-state index contributed by atoms with van der Waals surface area (Å²) in [4.78, 5) is 42.4. The van der Waals surface area contributed by atoms with Gasteiger partial charge in [0.15, 0.2) is 0 Å². The summed E-state index contributed by atoms with van der Waals surface area (Å²) in [6.45, 7) is 0.347. The third-order valence-corrected chi connectivity index (χ3v) is 7.89. The first-order valence-electron chi connectivity index (χ1n) is 10.8. The van der Waals surface area contributed by atoms with Gasteiger partial charge in [0.1, 0.15) is 11.6 Å². The van der Waals surface area contributed by atoms with Gasteiger partial charge in [0.25, 0.3) is 0 Å². The molecule has 160 valence electrons. The molecule has 5 atom stereocenters. The van der Waals surface area contributed by atoms with Gasteiger partial charge >= 0.3 is 0 Å². The van der Waals surface area contributed by atoms with Crippen LogP contribution >= 0.6 is 11.3 Å². The first kappa shape index (κ1) is 19.8. The fraction of sp³-hybridized carbons (Fsp3) is 0.591. The molecule has 4 aliphatic rings. The van der Waals surface area contributed by atoms with Gasteiger partial charge in [0.05, 0.1) is 24.5 Å². The number of carbonyl (C=O) groups excluding carboxylic acids is 3. The topological polar surface area (TPSA) is 87.7 Å². The van der Waals surface area contributed by atoms with Gasteiger partial charge in [-0.1, -0.05) is 37.5 Å². The quantitative estimate of drug-likeness (QED) is 0.696. The highest BCUT2D eigenvalue weighted by atomic mass is 32.1. The van der Waals surface area contributed by atoms with Crippen molar-refractivity contribution in [1.29, 1.82) is 0 Å². The van der Waals surface area contributed by atoms with Crippen LogP contribution in [-0.2, 0) is 25.7 Å². The SMILES string of the molecule is CNC(=O)[C@@H]1[C@@H]2C=C[C@]3(O2)[C@@H]1C(=O)N(Cc1cccs1)[C@@H]3C(=O)NC1CCCCC1. The summed E-state index contributed by atoms with van der Waals surface area (Å²) in [6, 6.07) is 3.27. The van der Waals surface area contributed by atoms with Crippen molar-refractivity contribution in [2.75, 3.05) is 7.05 Å². The standard InChI is InChI=1S/C22H27N3O4S/c1-23-19(26)16-15-9-10-22(29-15)17(16)21(28)25(12-14-8-5-11-30-14)18(22)20(27)24-13-6-3-2-4-7-13/h5,8-11,13,15-18H,2-4,6-7,12H2,1H3,(H,23,26)(H,24,27)/t15-,16+,17-,18+,22-/m0/s1. The van der Waals surface area contributed by atoms with Crippen molar-refractivity contribution < 1.29 is 19.1 Å². The van der Waals surface area contributed by atoms with Crippen LogP contribution in [0.3, 0.4) is 0 Å². The zero-order chi connectivity index (χ0) is 20.9. The van der Waals surface area contributed by atoms with Crippen LogP contribution in [0, 0.1) is 11.8 Å². The van der Waals surface area contributed by atoms with Crippen LogP contribution < -0.4 is 10.6 Å². The van der Waals surface area contributed by atoms with E-state index in [4.69, 9.17) is 4.74 Å². The molecule has 2 N–H and O–H groups in total. The predicted octanol–water partition coefficient (Wildman–Crippen LogP) is 1.59. The van der Waals surface area contributed by atoms with Crippen LogP contribution in [0.15, 0.2) is 29.7 Å². The van der Waals surface area contributed by atoms with E-state index < -0.39 is 29.6 Å². The number of carbonyl (C=O) groups is 3. The van der Waals surface area contributed by atoms with Crippen molar-refractivity contribution in [3.8, 4) is 0 Å². The fourth-order valence-electron chi connectivity index (χ4n) is 5.70. The maximum atomic E-state index is 13.6. The van der Waals surface area contributed by atoms with E-state index in [1.54, 1.807) is 23.3 Å². The Bertz CT molecular complexity index is 879. The Hall–Kier alpha value is -2.19. The lowest BCUT2D eigenvalue weighted by atomic mass is 9.74. The summed E-state index contributed by atoms with van der Waals surface area (Å²) < 4.78 is 6.27.